The van der Waals surface area contributed by atoms with E-state index in [0.29, 0.717) is 54.0 Å². The minimum Gasteiger partial charge on any atom is -0.493 e. The summed E-state index contributed by atoms with van der Waals surface area (Å²) in [5.74, 6) is 1.35. The molecule has 8 nitrogen and oxygen atoms in total. The summed E-state index contributed by atoms with van der Waals surface area (Å²) in [6, 6.07) is 12.5. The Labute approximate surface area is 184 Å². The van der Waals surface area contributed by atoms with Gasteiger partial charge in [-0.05, 0) is 35.9 Å². The van der Waals surface area contributed by atoms with Crippen LogP contribution in [0.1, 0.15) is 27.2 Å². The molecule has 3 aromatic rings. The Hall–Kier alpha value is -3.52. The van der Waals surface area contributed by atoms with Gasteiger partial charge in [-0.3, -0.25) is 4.79 Å². The zero-order valence-electron chi connectivity index (χ0n) is 17.0. The van der Waals surface area contributed by atoms with Gasteiger partial charge in [-0.2, -0.15) is 4.98 Å². The van der Waals surface area contributed by atoms with Crippen molar-refractivity contribution < 1.29 is 14.3 Å². The van der Waals surface area contributed by atoms with E-state index in [4.69, 9.17) is 32.5 Å². The number of nitrogens with two attached hydrogens (primary N) is 2. The molecule has 9 heteroatoms. The molecule has 4 N–H and O–H groups in total. The maximum absolute atomic E-state index is 13.1. The third kappa shape index (κ3) is 4.49. The number of fused-ring (bicyclic) bond motifs is 1. The molecule has 4 rings (SSSR count). The van der Waals surface area contributed by atoms with Crippen LogP contribution in [0.2, 0.25) is 5.02 Å². The number of aromatic nitrogens is 2. The topological polar surface area (TPSA) is 117 Å². The number of anilines is 2. The predicted molar refractivity (Wildman–Crippen MR) is 118 cm³/mol. The Morgan fingerprint density at radius 2 is 1.90 bits per heavy atom. The quantitative estimate of drug-likeness (QED) is 0.627. The summed E-state index contributed by atoms with van der Waals surface area (Å²) in [6.07, 6.45) is 0.567. The van der Waals surface area contributed by atoms with Gasteiger partial charge in [0.05, 0.1) is 19.3 Å². The summed E-state index contributed by atoms with van der Waals surface area (Å²) in [7, 11) is 1.54. The van der Waals surface area contributed by atoms with Crippen molar-refractivity contribution in [1.29, 1.82) is 0 Å². The minimum absolute atomic E-state index is 0.135. The van der Waals surface area contributed by atoms with Gasteiger partial charge in [0.15, 0.2) is 11.5 Å². The Bertz CT molecular complexity index is 1120. The van der Waals surface area contributed by atoms with Crippen molar-refractivity contribution >= 4 is 29.3 Å². The van der Waals surface area contributed by atoms with E-state index in [-0.39, 0.29) is 11.9 Å². The van der Waals surface area contributed by atoms with Gasteiger partial charge in [0.1, 0.15) is 12.4 Å². The first-order valence-electron chi connectivity index (χ1n) is 9.70. The summed E-state index contributed by atoms with van der Waals surface area (Å²) in [5.41, 5.74) is 14.6. The zero-order valence-corrected chi connectivity index (χ0v) is 17.7. The van der Waals surface area contributed by atoms with E-state index >= 15 is 0 Å². The summed E-state index contributed by atoms with van der Waals surface area (Å²) in [4.78, 5) is 23.0. The molecule has 1 aliphatic heterocycles. The molecular formula is C22H22ClN5O3. The fourth-order valence-electron chi connectivity index (χ4n) is 3.48. The van der Waals surface area contributed by atoms with E-state index in [9.17, 15) is 4.79 Å². The highest BCUT2D eigenvalue weighted by Gasteiger charge is 2.26. The fourth-order valence-corrected chi connectivity index (χ4v) is 3.60. The van der Waals surface area contributed by atoms with E-state index in [2.05, 4.69) is 9.97 Å². The number of nitrogen functional groups attached to an aromatic ring is 2. The van der Waals surface area contributed by atoms with Gasteiger partial charge in [0, 0.05) is 29.1 Å². The number of amides is 1. The van der Waals surface area contributed by atoms with Crippen molar-refractivity contribution in [3.05, 3.63) is 69.9 Å². The van der Waals surface area contributed by atoms with Crippen molar-refractivity contribution in [1.82, 2.24) is 14.9 Å². The van der Waals surface area contributed by atoms with Gasteiger partial charge in [-0.15, -0.1) is 0 Å². The minimum atomic E-state index is -0.135. The molecule has 0 fully saturated rings. The number of carbonyl (C=O) groups excluding carboxylic acids is 1. The molecule has 2 heterocycles. The molecule has 0 atom stereocenters. The van der Waals surface area contributed by atoms with E-state index in [1.807, 2.05) is 24.3 Å². The second-order valence-corrected chi connectivity index (χ2v) is 7.59. The monoisotopic (exact) mass is 439 g/mol. The first kappa shape index (κ1) is 20.7. The number of methoxy groups -OCH3 is 1. The van der Waals surface area contributed by atoms with E-state index in [1.165, 1.54) is 0 Å². The molecule has 0 aliphatic carbocycles. The fraction of sp³-hybridized carbons (Fsp3) is 0.227. The van der Waals surface area contributed by atoms with Crippen molar-refractivity contribution in [2.24, 2.45) is 0 Å². The first-order valence-corrected chi connectivity index (χ1v) is 10.1. The van der Waals surface area contributed by atoms with Crippen molar-refractivity contribution in [3.8, 4) is 11.5 Å². The SMILES string of the molecule is COc1cc(C(=O)N2CCc3nc(N)nc(N)c3C2)ccc1OCc1ccc(Cl)cc1. The molecule has 1 aliphatic rings. The van der Waals surface area contributed by atoms with Gasteiger partial charge >= 0.3 is 0 Å². The highest BCUT2D eigenvalue weighted by atomic mass is 35.5. The van der Waals surface area contributed by atoms with Crippen LogP contribution in [0.5, 0.6) is 11.5 Å². The molecule has 0 spiro atoms. The molecule has 31 heavy (non-hydrogen) atoms. The number of carbonyl (C=O) groups is 1. The van der Waals surface area contributed by atoms with Crippen LogP contribution < -0.4 is 20.9 Å². The molecule has 1 amide bonds. The van der Waals surface area contributed by atoms with Crippen molar-refractivity contribution in [2.45, 2.75) is 19.6 Å². The zero-order chi connectivity index (χ0) is 22.0. The van der Waals surface area contributed by atoms with Crippen LogP contribution >= 0.6 is 11.6 Å². The van der Waals surface area contributed by atoms with E-state index in [1.54, 1.807) is 30.2 Å². The number of nitrogens with zero attached hydrogens (tertiary/aromatic N) is 3. The van der Waals surface area contributed by atoms with Crippen molar-refractivity contribution in [3.63, 3.8) is 0 Å². The smallest absolute Gasteiger partial charge is 0.254 e. The number of benzene rings is 2. The molecule has 0 saturated carbocycles. The van der Waals surface area contributed by atoms with Crippen LogP contribution in [0, 0.1) is 0 Å². The number of hydrogen-bond acceptors (Lipinski definition) is 7. The maximum Gasteiger partial charge on any atom is 0.254 e. The number of halogens is 1. The summed E-state index contributed by atoms with van der Waals surface area (Å²) < 4.78 is 11.3. The van der Waals surface area contributed by atoms with Gasteiger partial charge in [-0.25, -0.2) is 4.98 Å². The van der Waals surface area contributed by atoms with Gasteiger partial charge in [0.25, 0.3) is 5.91 Å². The third-order valence-electron chi connectivity index (χ3n) is 5.11. The molecule has 0 saturated heterocycles. The molecule has 0 unspecified atom stereocenters. The number of rotatable bonds is 5. The average Bonchev–Trinajstić information content (AvgIpc) is 2.78. The Kier molecular flexibility index (Phi) is 5.81. The standard InChI is InChI=1S/C22H22ClN5O3/c1-30-19-10-14(4-7-18(19)31-12-13-2-5-15(23)6-3-13)21(29)28-9-8-17-16(11-28)20(24)27-22(25)26-17/h2-7,10H,8-9,11-12H2,1H3,(H4,24,25,26,27). The van der Waals surface area contributed by atoms with Crippen molar-refractivity contribution in [2.75, 3.05) is 25.1 Å². The Morgan fingerprint density at radius 1 is 1.13 bits per heavy atom. The highest BCUT2D eigenvalue weighted by molar-refractivity contribution is 6.30. The van der Waals surface area contributed by atoms with E-state index < -0.39 is 0 Å². The Morgan fingerprint density at radius 3 is 2.65 bits per heavy atom. The third-order valence-corrected chi connectivity index (χ3v) is 5.37. The predicted octanol–water partition coefficient (Wildman–Crippen LogP) is 3.08. The summed E-state index contributed by atoms with van der Waals surface area (Å²) in [6.45, 7) is 1.20. The lowest BCUT2D eigenvalue weighted by molar-refractivity contribution is 0.0733. The van der Waals surface area contributed by atoms with Gasteiger partial charge < -0.3 is 25.8 Å². The van der Waals surface area contributed by atoms with Gasteiger partial charge in [-0.1, -0.05) is 23.7 Å². The molecule has 0 radical (unpaired) electrons. The number of ether oxygens (including phenoxy) is 2. The lowest BCUT2D eigenvalue weighted by atomic mass is 10.0. The lowest BCUT2D eigenvalue weighted by Crippen LogP contribution is -2.37. The normalized spacial score (nSPS) is 12.9. The average molecular weight is 440 g/mol. The maximum atomic E-state index is 13.1. The van der Waals surface area contributed by atoms with Gasteiger partial charge in [0.2, 0.25) is 5.95 Å². The second-order valence-electron chi connectivity index (χ2n) is 7.15. The molecule has 2 aromatic carbocycles. The summed E-state index contributed by atoms with van der Waals surface area (Å²) >= 11 is 5.91. The van der Waals surface area contributed by atoms with Crippen LogP contribution in [0.25, 0.3) is 0 Å². The van der Waals surface area contributed by atoms with Crippen LogP contribution in [0.15, 0.2) is 42.5 Å². The van der Waals surface area contributed by atoms with Crippen LogP contribution in [-0.2, 0) is 19.6 Å². The van der Waals surface area contributed by atoms with Crippen LogP contribution in [0.3, 0.4) is 0 Å². The second kappa shape index (κ2) is 8.69. The lowest BCUT2D eigenvalue weighted by Gasteiger charge is -2.29. The molecule has 1 aromatic heterocycles. The largest absolute Gasteiger partial charge is 0.493 e. The first-order chi connectivity index (χ1) is 14.9. The number of hydrogen-bond donors (Lipinski definition) is 2. The van der Waals surface area contributed by atoms with Crippen LogP contribution in [-0.4, -0.2) is 34.4 Å². The molecular weight excluding hydrogens is 418 g/mol. The molecule has 0 bridgehead atoms. The molecule has 160 valence electrons. The van der Waals surface area contributed by atoms with Crippen LogP contribution in [0.4, 0.5) is 11.8 Å². The summed E-state index contributed by atoms with van der Waals surface area (Å²) in [5, 5.41) is 0.668. The van der Waals surface area contributed by atoms with E-state index in [0.717, 1.165) is 16.8 Å². The highest BCUT2D eigenvalue weighted by Crippen LogP contribution is 2.30. The Balaban J connectivity index is 1.49.